The minimum Gasteiger partial charge on any atom is -0.399 e. The van der Waals surface area contributed by atoms with Crippen LogP contribution in [0.25, 0.3) is 0 Å². The number of nitrogen functional groups attached to an aromatic ring is 1. The van der Waals surface area contributed by atoms with Crippen LogP contribution in [0, 0.1) is 0 Å². The third kappa shape index (κ3) is 3.41. The third-order valence-electron chi connectivity index (χ3n) is 2.41. The van der Waals surface area contributed by atoms with Crippen molar-refractivity contribution in [2.45, 2.75) is 0 Å². The molecular formula is C13H9BrCl2N2O. The number of anilines is 2. The van der Waals surface area contributed by atoms with Gasteiger partial charge in [0.15, 0.2) is 0 Å². The molecule has 0 spiro atoms. The quantitative estimate of drug-likeness (QED) is 0.770. The predicted octanol–water partition coefficient (Wildman–Crippen LogP) is 4.59. The normalized spacial score (nSPS) is 10.3. The van der Waals surface area contributed by atoms with Crippen LogP contribution in [0.4, 0.5) is 11.4 Å². The lowest BCUT2D eigenvalue weighted by molar-refractivity contribution is 0.102. The maximum Gasteiger partial charge on any atom is 0.257 e. The second-order valence-corrected chi connectivity index (χ2v) is 5.49. The maximum atomic E-state index is 12.1. The van der Waals surface area contributed by atoms with Crippen molar-refractivity contribution < 1.29 is 4.79 Å². The minimum absolute atomic E-state index is 0.320. The van der Waals surface area contributed by atoms with Crippen molar-refractivity contribution in [2.75, 3.05) is 11.1 Å². The summed E-state index contributed by atoms with van der Waals surface area (Å²) in [5.41, 5.74) is 7.01. The van der Waals surface area contributed by atoms with Gasteiger partial charge in [0.05, 0.1) is 15.6 Å². The third-order valence-corrected chi connectivity index (χ3v) is 3.97. The van der Waals surface area contributed by atoms with Crippen LogP contribution in [0.5, 0.6) is 0 Å². The number of carbonyl (C=O) groups excluding carboxylic acids is 1. The van der Waals surface area contributed by atoms with Gasteiger partial charge >= 0.3 is 0 Å². The Hall–Kier alpha value is -1.23. The molecule has 0 aliphatic rings. The number of rotatable bonds is 2. The fraction of sp³-hybridized carbons (Fsp3) is 0. The Bertz CT molecular complexity index is 647. The van der Waals surface area contributed by atoms with E-state index in [0.717, 1.165) is 4.47 Å². The molecular weight excluding hydrogens is 351 g/mol. The minimum atomic E-state index is -0.337. The lowest BCUT2D eigenvalue weighted by atomic mass is 10.2. The fourth-order valence-electron chi connectivity index (χ4n) is 1.49. The number of nitrogens with two attached hydrogens (primary N) is 1. The van der Waals surface area contributed by atoms with Crippen molar-refractivity contribution in [1.29, 1.82) is 0 Å². The largest absolute Gasteiger partial charge is 0.399 e. The van der Waals surface area contributed by atoms with Gasteiger partial charge in [-0.2, -0.15) is 0 Å². The molecule has 3 N–H and O–H groups in total. The van der Waals surface area contributed by atoms with Gasteiger partial charge in [-0.1, -0.05) is 23.2 Å². The molecule has 0 saturated heterocycles. The highest BCUT2D eigenvalue weighted by molar-refractivity contribution is 9.10. The second kappa shape index (κ2) is 5.82. The topological polar surface area (TPSA) is 55.1 Å². The molecule has 0 aliphatic heterocycles. The van der Waals surface area contributed by atoms with Gasteiger partial charge in [-0.15, -0.1) is 0 Å². The summed E-state index contributed by atoms with van der Waals surface area (Å²) < 4.78 is 0.758. The van der Waals surface area contributed by atoms with Gasteiger partial charge in [-0.05, 0) is 52.3 Å². The molecule has 1 amide bonds. The molecule has 98 valence electrons. The summed E-state index contributed by atoms with van der Waals surface area (Å²) in [6.07, 6.45) is 0. The monoisotopic (exact) mass is 358 g/mol. The zero-order chi connectivity index (χ0) is 14.0. The summed E-state index contributed by atoms with van der Waals surface area (Å²) in [7, 11) is 0. The van der Waals surface area contributed by atoms with E-state index >= 15 is 0 Å². The average molecular weight is 360 g/mol. The Labute approximate surface area is 128 Å². The Morgan fingerprint density at radius 3 is 2.53 bits per heavy atom. The fourth-order valence-corrected chi connectivity index (χ4v) is 2.12. The SMILES string of the molecule is Nc1ccc(Cl)c(C(=O)Nc2ccc(Br)c(Cl)c2)c1. The van der Waals surface area contributed by atoms with Crippen LogP contribution in [0.3, 0.4) is 0 Å². The summed E-state index contributed by atoms with van der Waals surface area (Å²) in [6, 6.07) is 9.87. The standard InChI is InChI=1S/C13H9BrCl2N2O/c14-10-3-2-8(6-12(10)16)18-13(19)9-5-7(17)1-4-11(9)15/h1-6H,17H2,(H,18,19). The summed E-state index contributed by atoms with van der Waals surface area (Å²) in [4.78, 5) is 12.1. The van der Waals surface area contributed by atoms with Crippen molar-refractivity contribution in [3.63, 3.8) is 0 Å². The molecule has 2 rings (SSSR count). The van der Waals surface area contributed by atoms with Crippen molar-refractivity contribution in [2.24, 2.45) is 0 Å². The van der Waals surface area contributed by atoms with Crippen molar-refractivity contribution in [1.82, 2.24) is 0 Å². The summed E-state index contributed by atoms with van der Waals surface area (Å²) in [6.45, 7) is 0. The molecule has 0 bridgehead atoms. The number of halogens is 3. The van der Waals surface area contributed by atoms with Gasteiger partial charge in [0.2, 0.25) is 0 Å². The Kier molecular flexibility index (Phi) is 4.34. The Morgan fingerprint density at radius 1 is 1.11 bits per heavy atom. The molecule has 0 unspecified atom stereocenters. The number of nitrogens with one attached hydrogen (secondary N) is 1. The zero-order valence-corrected chi connectivity index (χ0v) is 12.7. The van der Waals surface area contributed by atoms with Crippen LogP contribution < -0.4 is 11.1 Å². The highest BCUT2D eigenvalue weighted by Crippen LogP contribution is 2.26. The summed E-state index contributed by atoms with van der Waals surface area (Å²) in [5, 5.41) is 3.56. The maximum absolute atomic E-state index is 12.1. The van der Waals surface area contributed by atoms with Crippen LogP contribution >= 0.6 is 39.1 Å². The highest BCUT2D eigenvalue weighted by atomic mass is 79.9. The van der Waals surface area contributed by atoms with Crippen molar-refractivity contribution >= 4 is 56.4 Å². The van der Waals surface area contributed by atoms with E-state index in [9.17, 15) is 4.79 Å². The van der Waals surface area contributed by atoms with Gasteiger partial charge in [-0.3, -0.25) is 4.79 Å². The first-order valence-electron chi connectivity index (χ1n) is 5.29. The van der Waals surface area contributed by atoms with Crippen LogP contribution in [0.1, 0.15) is 10.4 Å². The highest BCUT2D eigenvalue weighted by Gasteiger charge is 2.11. The summed E-state index contributed by atoms with van der Waals surface area (Å²) >= 11 is 15.2. The molecule has 2 aromatic rings. The number of benzene rings is 2. The second-order valence-electron chi connectivity index (χ2n) is 3.82. The van der Waals surface area contributed by atoms with E-state index in [4.69, 9.17) is 28.9 Å². The van der Waals surface area contributed by atoms with E-state index in [2.05, 4.69) is 21.2 Å². The van der Waals surface area contributed by atoms with Gasteiger partial charge < -0.3 is 11.1 Å². The van der Waals surface area contributed by atoms with Crippen molar-refractivity contribution in [3.8, 4) is 0 Å². The van der Waals surface area contributed by atoms with E-state index in [1.165, 1.54) is 6.07 Å². The van der Waals surface area contributed by atoms with E-state index in [-0.39, 0.29) is 5.91 Å². The molecule has 0 aromatic heterocycles. The molecule has 3 nitrogen and oxygen atoms in total. The van der Waals surface area contributed by atoms with E-state index < -0.39 is 0 Å². The van der Waals surface area contributed by atoms with Crippen LogP contribution in [0.15, 0.2) is 40.9 Å². The van der Waals surface area contributed by atoms with E-state index in [1.807, 2.05) is 0 Å². The molecule has 0 atom stereocenters. The average Bonchev–Trinajstić information content (AvgIpc) is 2.36. The summed E-state index contributed by atoms with van der Waals surface area (Å²) in [5.74, 6) is -0.337. The van der Waals surface area contributed by atoms with Crippen LogP contribution in [0.2, 0.25) is 10.0 Å². The van der Waals surface area contributed by atoms with Gasteiger partial charge in [0.1, 0.15) is 0 Å². The first-order valence-corrected chi connectivity index (χ1v) is 6.83. The number of amides is 1. The van der Waals surface area contributed by atoms with E-state index in [0.29, 0.717) is 27.0 Å². The molecule has 0 fully saturated rings. The molecule has 0 aliphatic carbocycles. The number of carbonyl (C=O) groups is 1. The van der Waals surface area contributed by atoms with E-state index in [1.54, 1.807) is 30.3 Å². The first kappa shape index (κ1) is 14.2. The van der Waals surface area contributed by atoms with Crippen LogP contribution in [-0.2, 0) is 0 Å². The zero-order valence-electron chi connectivity index (χ0n) is 9.58. The first-order chi connectivity index (χ1) is 8.97. The van der Waals surface area contributed by atoms with Crippen LogP contribution in [-0.4, -0.2) is 5.91 Å². The molecule has 19 heavy (non-hydrogen) atoms. The molecule has 0 heterocycles. The molecule has 2 aromatic carbocycles. The smallest absolute Gasteiger partial charge is 0.257 e. The van der Waals surface area contributed by atoms with Crippen molar-refractivity contribution in [3.05, 3.63) is 56.5 Å². The van der Waals surface area contributed by atoms with Gasteiger partial charge in [0.25, 0.3) is 5.91 Å². The predicted molar refractivity (Wildman–Crippen MR) is 83.0 cm³/mol. The molecule has 0 radical (unpaired) electrons. The van der Waals surface area contributed by atoms with Gasteiger partial charge in [0, 0.05) is 15.8 Å². The lowest BCUT2D eigenvalue weighted by Gasteiger charge is -2.08. The number of hydrogen-bond acceptors (Lipinski definition) is 2. The molecule has 0 saturated carbocycles. The molecule has 6 heteroatoms. The van der Waals surface area contributed by atoms with Gasteiger partial charge in [-0.25, -0.2) is 0 Å². The lowest BCUT2D eigenvalue weighted by Crippen LogP contribution is -2.12. The number of hydrogen-bond donors (Lipinski definition) is 2. The Morgan fingerprint density at radius 2 is 1.84 bits per heavy atom. The Balaban J connectivity index is 2.25.